The van der Waals surface area contributed by atoms with Crippen molar-refractivity contribution in [3.63, 3.8) is 0 Å². The lowest BCUT2D eigenvalue weighted by molar-refractivity contribution is -0.189. The highest BCUT2D eigenvalue weighted by Gasteiger charge is 2.49. The Balaban J connectivity index is 1.79. The van der Waals surface area contributed by atoms with Gasteiger partial charge < -0.3 is 19.7 Å². The van der Waals surface area contributed by atoms with Crippen LogP contribution in [0.2, 0.25) is 0 Å². The van der Waals surface area contributed by atoms with E-state index in [0.717, 1.165) is 11.1 Å². The molecular formula is C18H22O4. The number of rotatable bonds is 5. The first-order valence-electron chi connectivity index (χ1n) is 7.61. The summed E-state index contributed by atoms with van der Waals surface area (Å²) < 4.78 is 11.8. The Morgan fingerprint density at radius 1 is 1.36 bits per heavy atom. The minimum Gasteiger partial charge on any atom is -0.392 e. The van der Waals surface area contributed by atoms with Gasteiger partial charge in [0.2, 0.25) is 0 Å². The van der Waals surface area contributed by atoms with Crippen LogP contribution in [0, 0.1) is 0 Å². The van der Waals surface area contributed by atoms with E-state index in [1.807, 2.05) is 42.5 Å². The first-order chi connectivity index (χ1) is 10.6. The van der Waals surface area contributed by atoms with E-state index in [2.05, 4.69) is 0 Å². The van der Waals surface area contributed by atoms with Crippen LogP contribution in [0.15, 0.2) is 54.1 Å². The molecule has 2 aliphatic heterocycles. The molecule has 0 saturated carbocycles. The van der Waals surface area contributed by atoms with Crippen molar-refractivity contribution in [2.75, 3.05) is 6.61 Å². The first kappa shape index (κ1) is 15.4. The van der Waals surface area contributed by atoms with Crippen molar-refractivity contribution < 1.29 is 19.7 Å². The molecule has 4 heteroatoms. The molecule has 0 unspecified atom stereocenters. The third-order valence-electron chi connectivity index (χ3n) is 4.18. The highest BCUT2D eigenvalue weighted by Crippen LogP contribution is 2.38. The van der Waals surface area contributed by atoms with Gasteiger partial charge >= 0.3 is 0 Å². The third kappa shape index (κ3) is 3.15. The summed E-state index contributed by atoms with van der Waals surface area (Å²) in [5.41, 5.74) is 0.660. The van der Waals surface area contributed by atoms with E-state index in [1.165, 1.54) is 0 Å². The molecule has 0 radical (unpaired) electrons. The fourth-order valence-corrected chi connectivity index (χ4v) is 3.15. The highest BCUT2D eigenvalue weighted by atomic mass is 16.6. The fraction of sp³-hybridized carbons (Fsp3) is 0.444. The largest absolute Gasteiger partial charge is 0.392 e. The Hall–Kier alpha value is -1.46. The summed E-state index contributed by atoms with van der Waals surface area (Å²) >= 11 is 0. The number of benzene rings is 1. The Morgan fingerprint density at radius 2 is 2.14 bits per heavy atom. The lowest BCUT2D eigenvalue weighted by Gasteiger charge is -2.42. The van der Waals surface area contributed by atoms with Gasteiger partial charge in [-0.15, -0.1) is 0 Å². The van der Waals surface area contributed by atoms with Crippen LogP contribution in [0.4, 0.5) is 0 Å². The summed E-state index contributed by atoms with van der Waals surface area (Å²) in [7, 11) is 0. The van der Waals surface area contributed by atoms with Crippen LogP contribution < -0.4 is 0 Å². The van der Waals surface area contributed by atoms with Crippen LogP contribution in [-0.4, -0.2) is 40.7 Å². The van der Waals surface area contributed by atoms with E-state index in [4.69, 9.17) is 9.47 Å². The van der Waals surface area contributed by atoms with Crippen LogP contribution in [0.3, 0.4) is 0 Å². The lowest BCUT2D eigenvalue weighted by atomic mass is 9.85. The number of ether oxygens (including phenoxy) is 2. The molecule has 1 aromatic carbocycles. The van der Waals surface area contributed by atoms with Gasteiger partial charge in [-0.1, -0.05) is 42.5 Å². The van der Waals surface area contributed by atoms with Gasteiger partial charge in [-0.3, -0.25) is 0 Å². The molecule has 2 N–H and O–H groups in total. The second-order valence-corrected chi connectivity index (χ2v) is 6.09. The normalized spacial score (nSPS) is 34.1. The minimum absolute atomic E-state index is 0.0721. The average Bonchev–Trinajstić information content (AvgIpc) is 2.91. The molecule has 0 aliphatic carbocycles. The molecule has 2 aliphatic rings. The molecule has 2 heterocycles. The zero-order valence-corrected chi connectivity index (χ0v) is 12.7. The second-order valence-electron chi connectivity index (χ2n) is 6.09. The van der Waals surface area contributed by atoms with Crippen molar-refractivity contribution in [3.05, 3.63) is 59.7 Å². The first-order valence-corrected chi connectivity index (χ1v) is 7.61. The molecule has 3 rings (SSSR count). The summed E-state index contributed by atoms with van der Waals surface area (Å²) in [6.07, 6.45) is 5.27. The van der Waals surface area contributed by atoms with Crippen molar-refractivity contribution in [2.24, 2.45) is 0 Å². The van der Waals surface area contributed by atoms with Gasteiger partial charge in [0.1, 0.15) is 17.8 Å². The average molecular weight is 302 g/mol. The zero-order chi connectivity index (χ0) is 15.6. The molecule has 22 heavy (non-hydrogen) atoms. The molecule has 0 amide bonds. The van der Waals surface area contributed by atoms with Crippen LogP contribution in [-0.2, 0) is 16.1 Å². The molecule has 4 nitrogen and oxygen atoms in total. The smallest absolute Gasteiger partial charge is 0.120 e. The number of hydrogen-bond donors (Lipinski definition) is 2. The van der Waals surface area contributed by atoms with Crippen LogP contribution in [0.1, 0.15) is 18.9 Å². The van der Waals surface area contributed by atoms with Crippen molar-refractivity contribution in [2.45, 2.75) is 43.9 Å². The number of aliphatic hydroxyl groups excluding tert-OH is 1. The summed E-state index contributed by atoms with van der Waals surface area (Å²) in [5.74, 6) is 0. The lowest BCUT2D eigenvalue weighted by Crippen LogP contribution is -2.54. The van der Waals surface area contributed by atoms with Gasteiger partial charge in [0.05, 0.1) is 19.3 Å². The molecule has 118 valence electrons. The summed E-state index contributed by atoms with van der Waals surface area (Å²) in [6, 6.07) is 9.87. The predicted molar refractivity (Wildman–Crippen MR) is 83.2 cm³/mol. The predicted octanol–water partition coefficient (Wildman–Crippen LogP) is 1.97. The SMILES string of the molecule is C/C(=C\[C@]1(O)C[C@H]2C=C[C@H](O2)[C@H]1OCc1ccccc1)CO. The molecule has 1 saturated heterocycles. The Bertz CT molecular complexity index is 566. The second kappa shape index (κ2) is 6.34. The Kier molecular flexibility index (Phi) is 4.45. The summed E-state index contributed by atoms with van der Waals surface area (Å²) in [6.45, 7) is 2.15. The maximum absolute atomic E-state index is 11.1. The van der Waals surface area contributed by atoms with Gasteiger partial charge in [0.15, 0.2) is 0 Å². The van der Waals surface area contributed by atoms with E-state index in [9.17, 15) is 10.2 Å². The number of fused-ring (bicyclic) bond motifs is 2. The van der Waals surface area contributed by atoms with Gasteiger partial charge in [0.25, 0.3) is 0 Å². The fourth-order valence-electron chi connectivity index (χ4n) is 3.15. The van der Waals surface area contributed by atoms with E-state index in [0.29, 0.717) is 13.0 Å². The van der Waals surface area contributed by atoms with Crippen molar-refractivity contribution >= 4 is 0 Å². The molecule has 2 bridgehead atoms. The Labute approximate surface area is 130 Å². The third-order valence-corrected chi connectivity index (χ3v) is 4.18. The molecular weight excluding hydrogens is 280 g/mol. The van der Waals surface area contributed by atoms with E-state index >= 15 is 0 Å². The molecule has 4 atom stereocenters. The number of hydrogen-bond acceptors (Lipinski definition) is 4. The van der Waals surface area contributed by atoms with Crippen LogP contribution in [0.5, 0.6) is 0 Å². The standard InChI is InChI=1S/C18H22O4/c1-13(11-19)9-18(20)10-15-7-8-16(22-15)17(18)21-12-14-5-3-2-4-6-14/h2-9,15-17,19-20H,10-12H2,1H3/b13-9+/t15-,16+,17-,18+/m1/s1. The molecule has 1 aromatic rings. The summed E-state index contributed by atoms with van der Waals surface area (Å²) in [5, 5.41) is 20.3. The van der Waals surface area contributed by atoms with Crippen molar-refractivity contribution in [1.82, 2.24) is 0 Å². The van der Waals surface area contributed by atoms with E-state index in [-0.39, 0.29) is 18.8 Å². The topological polar surface area (TPSA) is 58.9 Å². The van der Waals surface area contributed by atoms with Gasteiger partial charge in [0, 0.05) is 6.42 Å². The van der Waals surface area contributed by atoms with Gasteiger partial charge in [-0.05, 0) is 24.1 Å². The maximum atomic E-state index is 11.1. The highest BCUT2D eigenvalue weighted by molar-refractivity contribution is 5.23. The van der Waals surface area contributed by atoms with E-state index < -0.39 is 11.7 Å². The Morgan fingerprint density at radius 3 is 2.86 bits per heavy atom. The van der Waals surface area contributed by atoms with Crippen LogP contribution in [0.25, 0.3) is 0 Å². The number of aliphatic hydroxyl groups is 2. The van der Waals surface area contributed by atoms with Crippen LogP contribution >= 0.6 is 0 Å². The molecule has 1 fully saturated rings. The maximum Gasteiger partial charge on any atom is 0.120 e. The molecule has 0 aromatic heterocycles. The van der Waals surface area contributed by atoms with Gasteiger partial charge in [-0.25, -0.2) is 0 Å². The quantitative estimate of drug-likeness (QED) is 0.817. The zero-order valence-electron chi connectivity index (χ0n) is 12.7. The summed E-state index contributed by atoms with van der Waals surface area (Å²) in [4.78, 5) is 0. The van der Waals surface area contributed by atoms with Gasteiger partial charge in [-0.2, -0.15) is 0 Å². The van der Waals surface area contributed by atoms with E-state index in [1.54, 1.807) is 13.0 Å². The minimum atomic E-state index is -1.13. The van der Waals surface area contributed by atoms with Crippen molar-refractivity contribution in [3.8, 4) is 0 Å². The van der Waals surface area contributed by atoms with Crippen molar-refractivity contribution in [1.29, 1.82) is 0 Å². The molecule has 0 spiro atoms. The monoisotopic (exact) mass is 302 g/mol.